The van der Waals surface area contributed by atoms with E-state index < -0.39 is 0 Å². The van der Waals surface area contributed by atoms with Crippen LogP contribution in [-0.4, -0.2) is 54.5 Å². The number of thiol groups is 1. The summed E-state index contributed by atoms with van der Waals surface area (Å²) in [7, 11) is 2.18. The number of nitrogens with zero attached hydrogens (tertiary/aromatic N) is 3. The number of aliphatic imine (C=N–C) groups is 1. The van der Waals surface area contributed by atoms with Crippen LogP contribution < -0.4 is 16.0 Å². The Morgan fingerprint density at radius 2 is 1.79 bits per heavy atom. The SMILES string of the molecule is CN1CCN(c2ccc(NC(S)/N=C(\N)SCC3CCCCCC3)cc2)CC1. The molecule has 1 aromatic rings. The monoisotopic (exact) mass is 421 g/mol. The summed E-state index contributed by atoms with van der Waals surface area (Å²) in [4.78, 5) is 9.30. The van der Waals surface area contributed by atoms with Crippen molar-refractivity contribution in [3.8, 4) is 0 Å². The fourth-order valence-corrected chi connectivity index (χ4v) is 5.18. The second kappa shape index (κ2) is 11.2. The Labute approximate surface area is 179 Å². The van der Waals surface area contributed by atoms with Gasteiger partial charge in [-0.05, 0) is 50.1 Å². The van der Waals surface area contributed by atoms with Gasteiger partial charge in [0.25, 0.3) is 0 Å². The minimum atomic E-state index is -0.323. The van der Waals surface area contributed by atoms with E-state index in [0.29, 0.717) is 5.17 Å². The molecule has 1 heterocycles. The number of anilines is 2. The number of piperazine rings is 1. The second-order valence-electron chi connectivity index (χ2n) is 7.99. The number of rotatable bonds is 6. The van der Waals surface area contributed by atoms with Gasteiger partial charge in [0.2, 0.25) is 0 Å². The first-order valence-electron chi connectivity index (χ1n) is 10.5. The van der Waals surface area contributed by atoms with E-state index in [1.165, 1.54) is 44.2 Å². The summed E-state index contributed by atoms with van der Waals surface area (Å²) < 4.78 is 0. The number of hydrogen-bond donors (Lipinski definition) is 3. The molecule has 3 rings (SSSR count). The van der Waals surface area contributed by atoms with Crippen LogP contribution in [0, 0.1) is 5.92 Å². The smallest absolute Gasteiger partial charge is 0.166 e. The third-order valence-corrected chi connectivity index (χ3v) is 7.01. The van der Waals surface area contributed by atoms with Crippen molar-refractivity contribution in [3.63, 3.8) is 0 Å². The lowest BCUT2D eigenvalue weighted by Gasteiger charge is -2.34. The third-order valence-electron chi connectivity index (χ3n) is 5.72. The van der Waals surface area contributed by atoms with Crippen molar-refractivity contribution in [2.45, 2.75) is 44.0 Å². The lowest BCUT2D eigenvalue weighted by Crippen LogP contribution is -2.44. The first kappa shape index (κ1) is 21.7. The Balaban J connectivity index is 1.44. The molecule has 1 saturated carbocycles. The Morgan fingerprint density at radius 3 is 2.43 bits per heavy atom. The maximum atomic E-state index is 6.13. The van der Waals surface area contributed by atoms with Gasteiger partial charge < -0.3 is 20.9 Å². The average molecular weight is 422 g/mol. The maximum Gasteiger partial charge on any atom is 0.166 e. The maximum absolute atomic E-state index is 6.13. The first-order valence-corrected chi connectivity index (χ1v) is 12.0. The summed E-state index contributed by atoms with van der Waals surface area (Å²) in [6, 6.07) is 8.53. The highest BCUT2D eigenvalue weighted by atomic mass is 32.2. The van der Waals surface area contributed by atoms with Gasteiger partial charge >= 0.3 is 0 Å². The van der Waals surface area contributed by atoms with Gasteiger partial charge in [-0.2, -0.15) is 0 Å². The van der Waals surface area contributed by atoms with Gasteiger partial charge in [-0.25, -0.2) is 4.99 Å². The summed E-state index contributed by atoms with van der Waals surface area (Å²) in [6.45, 7) is 4.39. The van der Waals surface area contributed by atoms with Crippen molar-refractivity contribution in [1.29, 1.82) is 0 Å². The van der Waals surface area contributed by atoms with Crippen molar-refractivity contribution < 1.29 is 0 Å². The second-order valence-corrected chi connectivity index (χ2v) is 9.52. The van der Waals surface area contributed by atoms with Gasteiger partial charge in [0.05, 0.1) is 0 Å². The van der Waals surface area contributed by atoms with E-state index in [0.717, 1.165) is 43.5 Å². The lowest BCUT2D eigenvalue weighted by molar-refractivity contribution is 0.313. The van der Waals surface area contributed by atoms with Crippen molar-refractivity contribution in [2.75, 3.05) is 49.2 Å². The van der Waals surface area contributed by atoms with E-state index in [-0.39, 0.29) is 5.50 Å². The fourth-order valence-electron chi connectivity index (χ4n) is 3.91. The number of nitrogens with two attached hydrogens (primary N) is 1. The van der Waals surface area contributed by atoms with Crippen molar-refractivity contribution in [2.24, 2.45) is 16.6 Å². The van der Waals surface area contributed by atoms with Gasteiger partial charge in [-0.3, -0.25) is 0 Å². The van der Waals surface area contributed by atoms with Crippen LogP contribution in [0.25, 0.3) is 0 Å². The Bertz CT molecular complexity index is 606. The summed E-state index contributed by atoms with van der Waals surface area (Å²) in [5.41, 5.74) is 8.10. The van der Waals surface area contributed by atoms with Crippen LogP contribution in [-0.2, 0) is 0 Å². The number of benzene rings is 1. The van der Waals surface area contributed by atoms with Crippen LogP contribution in [0.1, 0.15) is 38.5 Å². The zero-order valence-electron chi connectivity index (χ0n) is 17.0. The van der Waals surface area contributed by atoms with Crippen LogP contribution in [0.15, 0.2) is 29.3 Å². The zero-order chi connectivity index (χ0) is 19.8. The van der Waals surface area contributed by atoms with Gasteiger partial charge in [-0.15, -0.1) is 12.6 Å². The molecule has 1 atom stereocenters. The van der Waals surface area contributed by atoms with E-state index >= 15 is 0 Å². The lowest BCUT2D eigenvalue weighted by atomic mass is 10.0. The van der Waals surface area contributed by atoms with E-state index in [1.807, 2.05) is 0 Å². The molecule has 2 aliphatic rings. The van der Waals surface area contributed by atoms with Crippen LogP contribution in [0.5, 0.6) is 0 Å². The van der Waals surface area contributed by atoms with Crippen LogP contribution >= 0.6 is 24.4 Å². The summed E-state index contributed by atoms with van der Waals surface area (Å²) >= 11 is 6.23. The number of thioether (sulfide) groups is 1. The minimum Gasteiger partial charge on any atom is -0.378 e. The summed E-state index contributed by atoms with van der Waals surface area (Å²) in [6.07, 6.45) is 8.18. The van der Waals surface area contributed by atoms with Gasteiger partial charge in [0.15, 0.2) is 10.7 Å². The van der Waals surface area contributed by atoms with Crippen LogP contribution in [0.2, 0.25) is 0 Å². The first-order chi connectivity index (χ1) is 13.6. The molecule has 7 heteroatoms. The van der Waals surface area contributed by atoms with Gasteiger partial charge in [0, 0.05) is 43.3 Å². The molecule has 28 heavy (non-hydrogen) atoms. The molecule has 3 N–H and O–H groups in total. The van der Waals surface area contributed by atoms with Gasteiger partial charge in [0.1, 0.15) is 0 Å². The highest BCUT2D eigenvalue weighted by molar-refractivity contribution is 8.13. The summed E-state index contributed by atoms with van der Waals surface area (Å²) in [5, 5.41) is 3.94. The van der Waals surface area contributed by atoms with Gasteiger partial charge in [-0.1, -0.05) is 37.4 Å². The molecule has 1 aliphatic carbocycles. The van der Waals surface area contributed by atoms with Crippen molar-refractivity contribution in [1.82, 2.24) is 4.90 Å². The molecule has 1 aromatic carbocycles. The normalized spacial score (nSPS) is 21.4. The van der Waals surface area contributed by atoms with E-state index in [4.69, 9.17) is 5.73 Å². The number of likely N-dealkylation sites (N-methyl/N-ethyl adjacent to an activating group) is 1. The molecule has 0 spiro atoms. The minimum absolute atomic E-state index is 0.323. The zero-order valence-corrected chi connectivity index (χ0v) is 18.7. The Hall–Kier alpha value is -1.05. The van der Waals surface area contributed by atoms with Crippen LogP contribution in [0.3, 0.4) is 0 Å². The number of nitrogens with one attached hydrogen (secondary N) is 1. The Kier molecular flexibility index (Phi) is 8.67. The fraction of sp³-hybridized carbons (Fsp3) is 0.667. The topological polar surface area (TPSA) is 56.9 Å². The molecule has 5 nitrogen and oxygen atoms in total. The standard InChI is InChI=1S/C21H35N5S2/c1-25-12-14-26(15-13-25)19-10-8-18(9-11-19)23-21(27)24-20(22)28-16-17-6-4-2-3-5-7-17/h8-11,17,21,23,27H,2-7,12-16H2,1H3,(H2,22,24). The molecular weight excluding hydrogens is 386 g/mol. The van der Waals surface area contributed by atoms with E-state index in [9.17, 15) is 0 Å². The third kappa shape index (κ3) is 7.08. The van der Waals surface area contributed by atoms with E-state index in [1.54, 1.807) is 11.8 Å². The molecule has 2 fully saturated rings. The van der Waals surface area contributed by atoms with Crippen LogP contribution in [0.4, 0.5) is 11.4 Å². The predicted molar refractivity (Wildman–Crippen MR) is 128 cm³/mol. The Morgan fingerprint density at radius 1 is 1.14 bits per heavy atom. The average Bonchev–Trinajstić information content (AvgIpc) is 2.96. The summed E-state index contributed by atoms with van der Waals surface area (Å²) in [5.74, 6) is 1.87. The molecule has 1 saturated heterocycles. The molecular formula is C21H35N5S2. The van der Waals surface area contributed by atoms with E-state index in [2.05, 4.69) is 64.1 Å². The molecule has 156 valence electrons. The highest BCUT2D eigenvalue weighted by Crippen LogP contribution is 2.26. The highest BCUT2D eigenvalue weighted by Gasteiger charge is 2.15. The molecule has 1 unspecified atom stereocenters. The quantitative estimate of drug-likeness (QED) is 0.212. The largest absolute Gasteiger partial charge is 0.378 e. The molecule has 0 aromatic heterocycles. The molecule has 1 aliphatic heterocycles. The molecule has 0 bridgehead atoms. The van der Waals surface area contributed by atoms with Crippen molar-refractivity contribution in [3.05, 3.63) is 24.3 Å². The van der Waals surface area contributed by atoms with Crippen molar-refractivity contribution >= 4 is 40.9 Å². The molecule has 0 amide bonds. The molecule has 0 radical (unpaired) electrons. The number of hydrogen-bond acceptors (Lipinski definition) is 6. The predicted octanol–water partition coefficient (Wildman–Crippen LogP) is 4.08. The number of amidine groups is 1.